The summed E-state index contributed by atoms with van der Waals surface area (Å²) in [5, 5.41) is 0. The molecule has 0 N–H and O–H groups in total. The molecule has 5 heteroatoms. The predicted molar refractivity (Wildman–Crippen MR) is 72.0 cm³/mol. The van der Waals surface area contributed by atoms with Crippen molar-refractivity contribution in [1.29, 1.82) is 0 Å². The van der Waals surface area contributed by atoms with Gasteiger partial charge in [-0.3, -0.25) is 4.79 Å². The van der Waals surface area contributed by atoms with Crippen LogP contribution in [-0.4, -0.2) is 31.3 Å². The third-order valence-electron chi connectivity index (χ3n) is 2.79. The number of benzene rings is 1. The van der Waals surface area contributed by atoms with Crippen LogP contribution in [-0.2, 0) is 30.5 Å². The van der Waals surface area contributed by atoms with Gasteiger partial charge in [0.05, 0.1) is 6.10 Å². The summed E-state index contributed by atoms with van der Waals surface area (Å²) < 4.78 is 9.97. The van der Waals surface area contributed by atoms with Crippen LogP contribution in [0.2, 0.25) is 0 Å². The number of ether oxygens (including phenoxy) is 2. The van der Waals surface area contributed by atoms with Gasteiger partial charge in [-0.05, 0) is 12.0 Å². The minimum Gasteiger partial charge on any atom is -0.455 e. The Bertz CT molecular complexity index is 441. The number of methoxy groups -OCH3 is 1. The lowest BCUT2D eigenvalue weighted by atomic mass is 10.1. The van der Waals surface area contributed by atoms with Crippen molar-refractivity contribution in [2.75, 3.05) is 7.11 Å². The molecule has 0 spiro atoms. The lowest BCUT2D eigenvalue weighted by Crippen LogP contribution is -2.24. The van der Waals surface area contributed by atoms with E-state index in [-0.39, 0.29) is 13.0 Å². The zero-order valence-corrected chi connectivity index (χ0v) is 11.4. The number of carbonyl (C=O) groups excluding carboxylic acids is 3. The van der Waals surface area contributed by atoms with Gasteiger partial charge >= 0.3 is 5.97 Å². The van der Waals surface area contributed by atoms with E-state index in [0.29, 0.717) is 12.8 Å². The lowest BCUT2D eigenvalue weighted by Gasteiger charge is -2.12. The predicted octanol–water partition coefficient (Wildman–Crippen LogP) is 1.68. The van der Waals surface area contributed by atoms with E-state index in [1.807, 2.05) is 18.2 Å². The maximum Gasteiger partial charge on any atom is 0.375 e. The fraction of sp³-hybridized carbons (Fsp3) is 0.400. The number of esters is 1. The summed E-state index contributed by atoms with van der Waals surface area (Å²) in [6.07, 6.45) is 0.960. The van der Waals surface area contributed by atoms with Gasteiger partial charge in [0.15, 0.2) is 0 Å². The smallest absolute Gasteiger partial charge is 0.375 e. The maximum atomic E-state index is 11.7. The van der Waals surface area contributed by atoms with Gasteiger partial charge in [-0.25, -0.2) is 4.79 Å². The molecule has 0 aliphatic heterocycles. The largest absolute Gasteiger partial charge is 0.455 e. The van der Waals surface area contributed by atoms with Crippen LogP contribution in [0.15, 0.2) is 30.3 Å². The van der Waals surface area contributed by atoms with Crippen LogP contribution in [0.25, 0.3) is 0 Å². The summed E-state index contributed by atoms with van der Waals surface area (Å²) in [5.74, 6) is -1.51. The van der Waals surface area contributed by atoms with Crippen molar-refractivity contribution < 1.29 is 23.9 Å². The first-order chi connectivity index (χ1) is 9.67. The number of hydrogen-bond donors (Lipinski definition) is 0. The van der Waals surface area contributed by atoms with Crippen molar-refractivity contribution in [3.63, 3.8) is 0 Å². The Morgan fingerprint density at radius 1 is 1.25 bits per heavy atom. The molecule has 0 radical (unpaired) electrons. The van der Waals surface area contributed by atoms with E-state index in [9.17, 15) is 14.4 Å². The van der Waals surface area contributed by atoms with Gasteiger partial charge in [-0.2, -0.15) is 0 Å². The number of aldehydes is 1. The van der Waals surface area contributed by atoms with E-state index in [0.717, 1.165) is 11.8 Å². The fourth-order valence-electron chi connectivity index (χ4n) is 1.65. The first-order valence-corrected chi connectivity index (χ1v) is 6.37. The molecule has 5 nitrogen and oxygen atoms in total. The highest BCUT2D eigenvalue weighted by atomic mass is 16.5. The molecule has 0 saturated carbocycles. The van der Waals surface area contributed by atoms with Crippen molar-refractivity contribution in [3.05, 3.63) is 35.9 Å². The van der Waals surface area contributed by atoms with Crippen molar-refractivity contribution in [2.45, 2.75) is 32.0 Å². The van der Waals surface area contributed by atoms with E-state index in [2.05, 4.69) is 0 Å². The number of ketones is 1. The second-order valence-corrected chi connectivity index (χ2v) is 4.29. The molecule has 0 fully saturated rings. The van der Waals surface area contributed by atoms with E-state index in [4.69, 9.17) is 9.47 Å². The van der Waals surface area contributed by atoms with E-state index in [1.54, 1.807) is 12.1 Å². The highest BCUT2D eigenvalue weighted by molar-refractivity contribution is 6.33. The lowest BCUT2D eigenvalue weighted by molar-refractivity contribution is -0.156. The van der Waals surface area contributed by atoms with Crippen LogP contribution in [0, 0.1) is 0 Å². The number of rotatable bonds is 9. The molecule has 1 aromatic carbocycles. The number of Topliss-reactive ketones (excluding diaryl/α,β-unsaturated/α-hetero) is 1. The van der Waals surface area contributed by atoms with E-state index >= 15 is 0 Å². The SMILES string of the molecule is CO[C@H](CCC=O)CC(=O)C(=O)OCc1ccccc1. The maximum absolute atomic E-state index is 11.7. The summed E-state index contributed by atoms with van der Waals surface area (Å²) in [7, 11) is 1.44. The van der Waals surface area contributed by atoms with Gasteiger partial charge in [0, 0.05) is 20.0 Å². The molecule has 0 heterocycles. The average molecular weight is 278 g/mol. The van der Waals surface area contributed by atoms with E-state index in [1.165, 1.54) is 7.11 Å². The number of hydrogen-bond acceptors (Lipinski definition) is 5. The third kappa shape index (κ3) is 5.75. The monoisotopic (exact) mass is 278 g/mol. The average Bonchev–Trinajstić information content (AvgIpc) is 2.49. The van der Waals surface area contributed by atoms with Crippen molar-refractivity contribution in [1.82, 2.24) is 0 Å². The van der Waals surface area contributed by atoms with Gasteiger partial charge in [-0.15, -0.1) is 0 Å². The Hall–Kier alpha value is -2.01. The Balaban J connectivity index is 2.38. The molecule has 0 saturated heterocycles. The highest BCUT2D eigenvalue weighted by Gasteiger charge is 2.20. The molecular formula is C15H18O5. The molecule has 0 amide bonds. The van der Waals surface area contributed by atoms with Crippen LogP contribution < -0.4 is 0 Å². The summed E-state index contributed by atoms with van der Waals surface area (Å²) in [6, 6.07) is 9.11. The molecule has 0 unspecified atom stereocenters. The normalized spacial score (nSPS) is 11.7. The third-order valence-corrected chi connectivity index (χ3v) is 2.79. The molecule has 20 heavy (non-hydrogen) atoms. The molecule has 0 aliphatic carbocycles. The fourth-order valence-corrected chi connectivity index (χ4v) is 1.65. The van der Waals surface area contributed by atoms with Crippen LogP contribution in [0.5, 0.6) is 0 Å². The Morgan fingerprint density at radius 2 is 1.95 bits per heavy atom. The summed E-state index contributed by atoms with van der Waals surface area (Å²) in [6.45, 7) is 0.0669. The van der Waals surface area contributed by atoms with Gasteiger partial charge < -0.3 is 14.3 Å². The number of carbonyl (C=O) groups is 3. The van der Waals surface area contributed by atoms with Crippen LogP contribution >= 0.6 is 0 Å². The molecule has 0 aromatic heterocycles. The highest BCUT2D eigenvalue weighted by Crippen LogP contribution is 2.07. The van der Waals surface area contributed by atoms with Gasteiger partial charge in [-0.1, -0.05) is 30.3 Å². The molecule has 0 bridgehead atoms. The van der Waals surface area contributed by atoms with Crippen molar-refractivity contribution >= 4 is 18.0 Å². The molecule has 1 rings (SSSR count). The molecule has 1 atom stereocenters. The first kappa shape index (κ1) is 16.0. The topological polar surface area (TPSA) is 69.7 Å². The minimum atomic E-state index is -0.873. The van der Waals surface area contributed by atoms with Crippen LogP contribution in [0.1, 0.15) is 24.8 Å². The molecule has 0 aliphatic rings. The van der Waals surface area contributed by atoms with Gasteiger partial charge in [0.2, 0.25) is 5.78 Å². The first-order valence-electron chi connectivity index (χ1n) is 6.37. The molecular weight excluding hydrogens is 260 g/mol. The second kappa shape index (κ2) is 8.98. The zero-order chi connectivity index (χ0) is 14.8. The Kier molecular flexibility index (Phi) is 7.21. The van der Waals surface area contributed by atoms with Gasteiger partial charge in [0.1, 0.15) is 12.9 Å². The quantitative estimate of drug-likeness (QED) is 0.390. The van der Waals surface area contributed by atoms with Crippen LogP contribution in [0.4, 0.5) is 0 Å². The minimum absolute atomic E-state index is 0.0669. The standard InChI is InChI=1S/C15H18O5/c1-19-13(8-5-9-16)10-14(17)15(18)20-11-12-6-3-2-4-7-12/h2-4,6-7,9,13H,5,8,10-11H2,1H3/t13-/m1/s1. The van der Waals surface area contributed by atoms with E-state index < -0.39 is 17.9 Å². The van der Waals surface area contributed by atoms with Crippen LogP contribution in [0.3, 0.4) is 0 Å². The molecule has 108 valence electrons. The zero-order valence-electron chi connectivity index (χ0n) is 11.4. The Morgan fingerprint density at radius 3 is 2.55 bits per heavy atom. The van der Waals surface area contributed by atoms with Gasteiger partial charge in [0.25, 0.3) is 0 Å². The summed E-state index contributed by atoms with van der Waals surface area (Å²) in [5.41, 5.74) is 0.817. The summed E-state index contributed by atoms with van der Waals surface area (Å²) in [4.78, 5) is 33.5. The van der Waals surface area contributed by atoms with Crippen molar-refractivity contribution in [2.24, 2.45) is 0 Å². The summed E-state index contributed by atoms with van der Waals surface area (Å²) >= 11 is 0. The molecule has 1 aromatic rings. The van der Waals surface area contributed by atoms with Crippen molar-refractivity contribution in [3.8, 4) is 0 Å². The second-order valence-electron chi connectivity index (χ2n) is 4.29. The Labute approximate surface area is 117 Å².